The summed E-state index contributed by atoms with van der Waals surface area (Å²) in [5.41, 5.74) is 1.82. The first-order valence-corrected chi connectivity index (χ1v) is 11.3. The van der Waals surface area contributed by atoms with Crippen LogP contribution in [-0.2, 0) is 21.2 Å². The lowest BCUT2D eigenvalue weighted by Gasteiger charge is -2.20. The topological polar surface area (TPSA) is 78.0 Å². The van der Waals surface area contributed by atoms with Gasteiger partial charge < -0.3 is 4.90 Å². The zero-order chi connectivity index (χ0) is 21.9. The molecule has 7 nitrogen and oxygen atoms in total. The highest BCUT2D eigenvalue weighted by atomic mass is 32.2. The van der Waals surface area contributed by atoms with E-state index in [1.54, 1.807) is 37.3 Å². The molecule has 0 saturated carbocycles. The Morgan fingerprint density at radius 2 is 1.70 bits per heavy atom. The second-order valence-electron chi connectivity index (χ2n) is 6.99. The van der Waals surface area contributed by atoms with Crippen molar-refractivity contribution in [3.63, 3.8) is 0 Å². The van der Waals surface area contributed by atoms with Crippen LogP contribution in [0.25, 0.3) is 0 Å². The first-order chi connectivity index (χ1) is 14.3. The van der Waals surface area contributed by atoms with Crippen LogP contribution in [0.3, 0.4) is 0 Å². The van der Waals surface area contributed by atoms with Crippen LogP contribution in [0.5, 0.6) is 0 Å². The van der Waals surface area contributed by atoms with Crippen LogP contribution < -0.4 is 9.21 Å². The number of amides is 3. The van der Waals surface area contributed by atoms with Crippen LogP contribution >= 0.6 is 0 Å². The smallest absolute Gasteiger partial charge is 0.308 e. The summed E-state index contributed by atoms with van der Waals surface area (Å²) in [7, 11) is -1.92. The first kappa shape index (κ1) is 21.6. The predicted molar refractivity (Wildman–Crippen MR) is 118 cm³/mol. The van der Waals surface area contributed by atoms with Crippen molar-refractivity contribution in [2.75, 3.05) is 28.6 Å². The molecule has 30 heavy (non-hydrogen) atoms. The van der Waals surface area contributed by atoms with Gasteiger partial charge >= 0.3 is 6.03 Å². The highest BCUT2D eigenvalue weighted by Gasteiger charge is 2.45. The van der Waals surface area contributed by atoms with Gasteiger partial charge in [-0.05, 0) is 36.8 Å². The van der Waals surface area contributed by atoms with Crippen LogP contribution in [0.2, 0.25) is 0 Å². The minimum Gasteiger partial charge on any atom is -0.308 e. The number of carbonyl (C=O) groups is 2. The Morgan fingerprint density at radius 3 is 2.27 bits per heavy atom. The van der Waals surface area contributed by atoms with E-state index in [1.165, 1.54) is 16.3 Å². The highest BCUT2D eigenvalue weighted by Crippen LogP contribution is 2.29. The normalized spacial score (nSPS) is 16.8. The highest BCUT2D eigenvalue weighted by molar-refractivity contribution is 7.92. The number of sulfonamides is 1. The van der Waals surface area contributed by atoms with Crippen molar-refractivity contribution < 1.29 is 18.0 Å². The number of benzene rings is 2. The summed E-state index contributed by atoms with van der Waals surface area (Å²) in [5, 5.41) is 0. The molecule has 0 bridgehead atoms. The van der Waals surface area contributed by atoms with Crippen molar-refractivity contribution in [2.45, 2.75) is 19.4 Å². The molecule has 1 aliphatic heterocycles. The van der Waals surface area contributed by atoms with E-state index in [-0.39, 0.29) is 18.2 Å². The third-order valence-corrected chi connectivity index (χ3v) is 6.94. The van der Waals surface area contributed by atoms with Gasteiger partial charge in [-0.1, -0.05) is 36.4 Å². The summed E-state index contributed by atoms with van der Waals surface area (Å²) in [6, 6.07) is 14.8. The second kappa shape index (κ2) is 8.71. The van der Waals surface area contributed by atoms with Crippen molar-refractivity contribution >= 4 is 33.3 Å². The number of rotatable bonds is 8. The van der Waals surface area contributed by atoms with E-state index in [4.69, 9.17) is 0 Å². The fourth-order valence-electron chi connectivity index (χ4n) is 3.42. The lowest BCUT2D eigenvalue weighted by molar-refractivity contribution is -0.119. The minimum absolute atomic E-state index is 0.0218. The molecule has 2 aromatic rings. The number of hydrogen-bond donors (Lipinski definition) is 0. The zero-order valence-electron chi connectivity index (χ0n) is 17.1. The van der Waals surface area contributed by atoms with Crippen LogP contribution in [0, 0.1) is 0 Å². The monoisotopic (exact) mass is 427 g/mol. The molecule has 0 aromatic heterocycles. The lowest BCUT2D eigenvalue weighted by Crippen LogP contribution is -2.36. The SMILES string of the molecule is C=CCN1C(=O)N(c2ccc(N(C)S(=O)(=O)CC)cc2)C(=O)C1Cc1ccccc1. The molecule has 0 radical (unpaired) electrons. The summed E-state index contributed by atoms with van der Waals surface area (Å²) in [5.74, 6) is -0.334. The van der Waals surface area contributed by atoms with Crippen LogP contribution in [0.4, 0.5) is 16.2 Å². The average molecular weight is 428 g/mol. The van der Waals surface area contributed by atoms with Gasteiger partial charge in [0.1, 0.15) is 6.04 Å². The molecular weight excluding hydrogens is 402 g/mol. The van der Waals surface area contributed by atoms with Gasteiger partial charge in [-0.3, -0.25) is 9.10 Å². The number of urea groups is 1. The number of imide groups is 1. The fraction of sp³-hybridized carbons (Fsp3) is 0.273. The van der Waals surface area contributed by atoms with Crippen LogP contribution in [0.15, 0.2) is 67.3 Å². The fourth-order valence-corrected chi connectivity index (χ4v) is 4.25. The van der Waals surface area contributed by atoms with Gasteiger partial charge in [-0.15, -0.1) is 6.58 Å². The molecular formula is C22H25N3O4S. The molecule has 0 N–H and O–H groups in total. The number of anilines is 2. The van der Waals surface area contributed by atoms with Gasteiger partial charge in [0.05, 0.1) is 17.1 Å². The Kier molecular flexibility index (Phi) is 6.26. The lowest BCUT2D eigenvalue weighted by atomic mass is 10.0. The summed E-state index contributed by atoms with van der Waals surface area (Å²) in [6.45, 7) is 5.53. The van der Waals surface area contributed by atoms with Crippen molar-refractivity contribution in [3.05, 3.63) is 72.8 Å². The standard InChI is InChI=1S/C22H25N3O4S/c1-4-15-24-20(16-17-9-7-6-8-10-17)21(26)25(22(24)27)19-13-11-18(12-14-19)23(3)30(28,29)5-2/h4,6-14,20H,1,5,15-16H2,2-3H3. The Balaban J connectivity index is 1.89. The molecule has 1 fully saturated rings. The molecule has 1 unspecified atom stereocenters. The quantitative estimate of drug-likeness (QED) is 0.479. The molecule has 0 spiro atoms. The number of hydrogen-bond acceptors (Lipinski definition) is 4. The van der Waals surface area contributed by atoms with Gasteiger partial charge in [0, 0.05) is 20.0 Å². The van der Waals surface area contributed by atoms with E-state index < -0.39 is 22.1 Å². The molecule has 158 valence electrons. The van der Waals surface area contributed by atoms with E-state index >= 15 is 0 Å². The van der Waals surface area contributed by atoms with E-state index in [0.717, 1.165) is 10.5 Å². The van der Waals surface area contributed by atoms with E-state index in [9.17, 15) is 18.0 Å². The molecule has 1 aliphatic rings. The van der Waals surface area contributed by atoms with E-state index in [0.29, 0.717) is 17.8 Å². The molecule has 1 saturated heterocycles. The molecule has 3 amide bonds. The third kappa shape index (κ3) is 4.09. The zero-order valence-corrected chi connectivity index (χ0v) is 17.9. The Hall–Kier alpha value is -3.13. The molecule has 0 aliphatic carbocycles. The van der Waals surface area contributed by atoms with Gasteiger partial charge in [0.25, 0.3) is 5.91 Å². The summed E-state index contributed by atoms with van der Waals surface area (Å²) in [6.07, 6.45) is 2.01. The van der Waals surface area contributed by atoms with Gasteiger partial charge in [0.15, 0.2) is 0 Å². The molecule has 2 aromatic carbocycles. The minimum atomic E-state index is -3.40. The maximum absolute atomic E-state index is 13.2. The van der Waals surface area contributed by atoms with Crippen molar-refractivity contribution in [1.29, 1.82) is 0 Å². The van der Waals surface area contributed by atoms with Crippen LogP contribution in [-0.4, -0.2) is 50.6 Å². The van der Waals surface area contributed by atoms with E-state index in [2.05, 4.69) is 6.58 Å². The van der Waals surface area contributed by atoms with Gasteiger partial charge in [-0.2, -0.15) is 0 Å². The molecule has 1 heterocycles. The molecule has 3 rings (SSSR count). The maximum Gasteiger partial charge on any atom is 0.332 e. The molecule has 8 heteroatoms. The molecule has 1 atom stereocenters. The van der Waals surface area contributed by atoms with Gasteiger partial charge in [-0.25, -0.2) is 18.1 Å². The van der Waals surface area contributed by atoms with E-state index in [1.807, 2.05) is 30.3 Å². The summed E-state index contributed by atoms with van der Waals surface area (Å²) < 4.78 is 25.3. The largest absolute Gasteiger partial charge is 0.332 e. The summed E-state index contributed by atoms with van der Waals surface area (Å²) in [4.78, 5) is 28.8. The van der Waals surface area contributed by atoms with Crippen LogP contribution in [0.1, 0.15) is 12.5 Å². The maximum atomic E-state index is 13.2. The predicted octanol–water partition coefficient (Wildman–Crippen LogP) is 3.04. The first-order valence-electron chi connectivity index (χ1n) is 9.66. The number of carbonyl (C=O) groups excluding carboxylic acids is 2. The van der Waals surface area contributed by atoms with Crippen molar-refractivity contribution in [1.82, 2.24) is 4.90 Å². The second-order valence-corrected chi connectivity index (χ2v) is 9.28. The van der Waals surface area contributed by atoms with Gasteiger partial charge in [0.2, 0.25) is 10.0 Å². The summed E-state index contributed by atoms with van der Waals surface area (Å²) >= 11 is 0. The number of nitrogens with zero attached hydrogens (tertiary/aromatic N) is 3. The Labute approximate surface area is 177 Å². The Bertz CT molecular complexity index is 1040. The average Bonchev–Trinajstić information content (AvgIpc) is 2.98. The van der Waals surface area contributed by atoms with Crippen molar-refractivity contribution in [2.24, 2.45) is 0 Å². The third-order valence-electron chi connectivity index (χ3n) is 5.17. The van der Waals surface area contributed by atoms with Crippen molar-refractivity contribution in [3.8, 4) is 0 Å². The Morgan fingerprint density at radius 1 is 1.07 bits per heavy atom.